The summed E-state index contributed by atoms with van der Waals surface area (Å²) in [6, 6.07) is 0. The van der Waals surface area contributed by atoms with Gasteiger partial charge in [0.2, 0.25) is 0 Å². The Balaban J connectivity index is 2.16. The van der Waals surface area contributed by atoms with Crippen molar-refractivity contribution in [1.82, 2.24) is 0 Å². The van der Waals surface area contributed by atoms with Gasteiger partial charge in [-0.1, -0.05) is 0 Å². The highest BCUT2D eigenvalue weighted by Crippen LogP contribution is 2.29. The van der Waals surface area contributed by atoms with Gasteiger partial charge in [0, 0.05) is 12.8 Å². The highest BCUT2D eigenvalue weighted by atomic mass is 19.1. The van der Waals surface area contributed by atoms with E-state index in [1.54, 1.807) is 0 Å². The van der Waals surface area contributed by atoms with E-state index in [0.29, 0.717) is 12.8 Å². The summed E-state index contributed by atoms with van der Waals surface area (Å²) in [5, 5.41) is 0. The van der Waals surface area contributed by atoms with Gasteiger partial charge in [0.1, 0.15) is 6.17 Å². The van der Waals surface area contributed by atoms with Crippen LogP contribution in [0.4, 0.5) is 4.39 Å². The highest BCUT2D eigenvalue weighted by molar-refractivity contribution is 4.81. The van der Waals surface area contributed by atoms with Gasteiger partial charge in [-0.3, -0.25) is 0 Å². The molecule has 0 atom stereocenters. The molecule has 60 valence electrons. The molecular formula is C8H15FO. The smallest absolute Gasteiger partial charge is 0.105 e. The van der Waals surface area contributed by atoms with Crippen LogP contribution in [0.2, 0.25) is 0 Å². The van der Waals surface area contributed by atoms with Gasteiger partial charge in [0.15, 0.2) is 0 Å². The molecule has 1 aliphatic rings. The largest absolute Gasteiger partial charge is 0.372 e. The molecule has 1 nitrogen and oxygen atoms in total. The Morgan fingerprint density at radius 2 is 1.80 bits per heavy atom. The zero-order valence-electron chi connectivity index (χ0n) is 6.86. The van der Waals surface area contributed by atoms with E-state index in [2.05, 4.69) is 0 Å². The third-order valence-electron chi connectivity index (χ3n) is 1.56. The van der Waals surface area contributed by atoms with Crippen molar-refractivity contribution in [1.29, 1.82) is 0 Å². The van der Waals surface area contributed by atoms with Gasteiger partial charge < -0.3 is 4.74 Å². The lowest BCUT2D eigenvalue weighted by atomic mass is 9.93. The Bertz CT molecular complexity index is 111. The molecule has 2 heteroatoms. The molecule has 0 saturated heterocycles. The molecule has 0 bridgehead atoms. The van der Waals surface area contributed by atoms with Crippen molar-refractivity contribution in [3.63, 3.8) is 0 Å². The summed E-state index contributed by atoms with van der Waals surface area (Å²) < 4.78 is 17.8. The van der Waals surface area contributed by atoms with E-state index in [0.717, 1.165) is 0 Å². The predicted molar refractivity (Wildman–Crippen MR) is 38.8 cm³/mol. The molecule has 1 aliphatic carbocycles. The topological polar surface area (TPSA) is 9.23 Å². The van der Waals surface area contributed by atoms with Crippen LogP contribution in [0.15, 0.2) is 0 Å². The van der Waals surface area contributed by atoms with Crippen molar-refractivity contribution < 1.29 is 9.13 Å². The fraction of sp³-hybridized carbons (Fsp3) is 1.00. The quantitative estimate of drug-likeness (QED) is 0.551. The fourth-order valence-electron chi connectivity index (χ4n) is 1.10. The highest BCUT2D eigenvalue weighted by Gasteiger charge is 2.32. The van der Waals surface area contributed by atoms with Gasteiger partial charge in [-0.2, -0.15) is 0 Å². The maximum Gasteiger partial charge on any atom is 0.105 e. The van der Waals surface area contributed by atoms with Gasteiger partial charge >= 0.3 is 0 Å². The van der Waals surface area contributed by atoms with Gasteiger partial charge in [0.05, 0.1) is 11.7 Å². The molecule has 0 amide bonds. The minimum atomic E-state index is -0.604. The number of alkyl halides is 1. The molecule has 0 aromatic heterocycles. The average molecular weight is 146 g/mol. The first-order chi connectivity index (χ1) is 4.47. The molecule has 0 aromatic carbocycles. The Hall–Kier alpha value is -0.110. The second kappa shape index (κ2) is 2.50. The van der Waals surface area contributed by atoms with Crippen LogP contribution in [0, 0.1) is 0 Å². The first-order valence-corrected chi connectivity index (χ1v) is 3.79. The Kier molecular flexibility index (Phi) is 1.99. The summed E-state index contributed by atoms with van der Waals surface area (Å²) in [7, 11) is 0. The summed E-state index contributed by atoms with van der Waals surface area (Å²) in [5.41, 5.74) is -0.106. The predicted octanol–water partition coefficient (Wildman–Crippen LogP) is 2.30. The maximum atomic E-state index is 12.3. The van der Waals surface area contributed by atoms with E-state index >= 15 is 0 Å². The van der Waals surface area contributed by atoms with Crippen LogP contribution in [0.3, 0.4) is 0 Å². The SMILES string of the molecule is CC(C)(C)OC1CC(F)C1. The lowest BCUT2D eigenvalue weighted by Gasteiger charge is -2.35. The number of hydrogen-bond acceptors (Lipinski definition) is 1. The van der Waals surface area contributed by atoms with Crippen LogP contribution in [-0.4, -0.2) is 17.9 Å². The van der Waals surface area contributed by atoms with Gasteiger partial charge in [-0.05, 0) is 20.8 Å². The molecule has 0 N–H and O–H groups in total. The van der Waals surface area contributed by atoms with Crippen LogP contribution in [0.5, 0.6) is 0 Å². The van der Waals surface area contributed by atoms with Crippen molar-refractivity contribution in [2.75, 3.05) is 0 Å². The van der Waals surface area contributed by atoms with Gasteiger partial charge in [0.25, 0.3) is 0 Å². The minimum absolute atomic E-state index is 0.106. The van der Waals surface area contributed by atoms with Crippen LogP contribution in [-0.2, 0) is 4.74 Å². The Morgan fingerprint density at radius 3 is 2.10 bits per heavy atom. The summed E-state index contributed by atoms with van der Waals surface area (Å²) in [4.78, 5) is 0. The third-order valence-corrected chi connectivity index (χ3v) is 1.56. The van der Waals surface area contributed by atoms with Crippen molar-refractivity contribution in [2.24, 2.45) is 0 Å². The van der Waals surface area contributed by atoms with Gasteiger partial charge in [-0.25, -0.2) is 4.39 Å². The van der Waals surface area contributed by atoms with E-state index in [1.165, 1.54) is 0 Å². The maximum absolute atomic E-state index is 12.3. The first kappa shape index (κ1) is 7.99. The normalized spacial score (nSPS) is 33.6. The summed E-state index contributed by atoms with van der Waals surface area (Å²) in [6.45, 7) is 6.00. The van der Waals surface area contributed by atoms with Crippen LogP contribution in [0.1, 0.15) is 33.6 Å². The number of halogens is 1. The molecule has 1 fully saturated rings. The van der Waals surface area contributed by atoms with Crippen molar-refractivity contribution in [2.45, 2.75) is 51.5 Å². The van der Waals surface area contributed by atoms with E-state index < -0.39 is 6.17 Å². The van der Waals surface area contributed by atoms with Crippen LogP contribution >= 0.6 is 0 Å². The molecule has 1 rings (SSSR count). The molecule has 0 aliphatic heterocycles. The van der Waals surface area contributed by atoms with Crippen LogP contribution in [0.25, 0.3) is 0 Å². The van der Waals surface area contributed by atoms with Crippen molar-refractivity contribution >= 4 is 0 Å². The fourth-order valence-corrected chi connectivity index (χ4v) is 1.10. The summed E-state index contributed by atoms with van der Waals surface area (Å²) >= 11 is 0. The van der Waals surface area contributed by atoms with E-state index in [-0.39, 0.29) is 11.7 Å². The second-order valence-electron chi connectivity index (χ2n) is 3.92. The lowest BCUT2D eigenvalue weighted by Crippen LogP contribution is -2.38. The first-order valence-electron chi connectivity index (χ1n) is 3.79. The molecule has 0 radical (unpaired) electrons. The Morgan fingerprint density at radius 1 is 1.30 bits per heavy atom. The van der Waals surface area contributed by atoms with E-state index in [1.807, 2.05) is 20.8 Å². The Labute approximate surface area is 61.6 Å². The lowest BCUT2D eigenvalue weighted by molar-refractivity contribution is -0.116. The third kappa shape index (κ3) is 2.25. The molecule has 0 spiro atoms. The summed E-state index contributed by atoms with van der Waals surface area (Å²) in [5.74, 6) is 0. The minimum Gasteiger partial charge on any atom is -0.372 e. The zero-order valence-corrected chi connectivity index (χ0v) is 6.86. The average Bonchev–Trinajstić information content (AvgIpc) is 1.57. The molecule has 1 saturated carbocycles. The number of rotatable bonds is 1. The van der Waals surface area contributed by atoms with Crippen molar-refractivity contribution in [3.8, 4) is 0 Å². The molecular weight excluding hydrogens is 131 g/mol. The van der Waals surface area contributed by atoms with E-state index in [4.69, 9.17) is 4.74 Å². The number of ether oxygens (including phenoxy) is 1. The number of hydrogen-bond donors (Lipinski definition) is 0. The standard InChI is InChI=1S/C8H15FO/c1-8(2,3)10-7-4-6(9)5-7/h6-7H,4-5H2,1-3H3. The molecule has 0 unspecified atom stereocenters. The summed E-state index contributed by atoms with van der Waals surface area (Å²) in [6.07, 6.45) is 0.761. The monoisotopic (exact) mass is 146 g/mol. The molecule has 0 heterocycles. The van der Waals surface area contributed by atoms with Crippen molar-refractivity contribution in [3.05, 3.63) is 0 Å². The second-order valence-corrected chi connectivity index (χ2v) is 3.92. The van der Waals surface area contributed by atoms with E-state index in [9.17, 15) is 4.39 Å². The molecule has 0 aromatic rings. The molecule has 10 heavy (non-hydrogen) atoms. The van der Waals surface area contributed by atoms with Crippen LogP contribution < -0.4 is 0 Å². The zero-order chi connectivity index (χ0) is 7.78. The van der Waals surface area contributed by atoms with Gasteiger partial charge in [-0.15, -0.1) is 0 Å².